The van der Waals surface area contributed by atoms with E-state index in [1.807, 2.05) is 31.7 Å². The zero-order valence-electron chi connectivity index (χ0n) is 10.2. The van der Waals surface area contributed by atoms with Crippen LogP contribution in [0, 0.1) is 5.41 Å². The van der Waals surface area contributed by atoms with Crippen LogP contribution in [0.25, 0.3) is 0 Å². The van der Waals surface area contributed by atoms with Gasteiger partial charge in [0.2, 0.25) is 5.91 Å². The van der Waals surface area contributed by atoms with Gasteiger partial charge in [-0.05, 0) is 18.1 Å². The van der Waals surface area contributed by atoms with Gasteiger partial charge in [-0.15, -0.1) is 0 Å². The number of carbonyl (C=O) groups excluding carboxylic acids is 1. The molecular formula is C13H18N2O. The van der Waals surface area contributed by atoms with Crippen LogP contribution in [0.1, 0.15) is 32.0 Å². The quantitative estimate of drug-likeness (QED) is 0.667. The van der Waals surface area contributed by atoms with Crippen molar-refractivity contribution in [3.8, 4) is 0 Å². The summed E-state index contributed by atoms with van der Waals surface area (Å²) in [5, 5.41) is 0. The first-order valence-electron chi connectivity index (χ1n) is 5.70. The molecule has 2 heterocycles. The molecule has 0 saturated carbocycles. The summed E-state index contributed by atoms with van der Waals surface area (Å²) in [4.78, 5) is 18.4. The number of aromatic nitrogens is 1. The fourth-order valence-electron chi connectivity index (χ4n) is 2.00. The van der Waals surface area contributed by atoms with Gasteiger partial charge in [-0.25, -0.2) is 0 Å². The number of rotatable bonds is 0. The van der Waals surface area contributed by atoms with E-state index in [9.17, 15) is 4.79 Å². The van der Waals surface area contributed by atoms with Crippen molar-refractivity contribution in [2.75, 3.05) is 6.54 Å². The molecule has 1 aromatic heterocycles. The standard InChI is InChI=1S/C13H18N2O/c1-13(2,3)12(16)15-8-6-10-5-4-7-14-11(10)9-15/h4-5,7H,6,8-9H2,1-3H3. The molecule has 16 heavy (non-hydrogen) atoms. The average Bonchev–Trinajstić information content (AvgIpc) is 2.26. The molecule has 0 atom stereocenters. The van der Waals surface area contributed by atoms with Crippen molar-refractivity contribution in [2.45, 2.75) is 33.7 Å². The molecule has 86 valence electrons. The first-order chi connectivity index (χ1) is 7.48. The molecule has 0 spiro atoms. The fourth-order valence-corrected chi connectivity index (χ4v) is 2.00. The molecule has 1 aromatic rings. The van der Waals surface area contributed by atoms with Crippen LogP contribution in [0.4, 0.5) is 0 Å². The first kappa shape index (κ1) is 11.1. The Balaban J connectivity index is 2.17. The van der Waals surface area contributed by atoms with E-state index < -0.39 is 0 Å². The molecule has 0 saturated heterocycles. The smallest absolute Gasteiger partial charge is 0.228 e. The molecule has 1 aliphatic heterocycles. The average molecular weight is 218 g/mol. The van der Waals surface area contributed by atoms with Gasteiger partial charge in [0.15, 0.2) is 0 Å². The summed E-state index contributed by atoms with van der Waals surface area (Å²) in [6.07, 6.45) is 2.72. The molecule has 3 heteroatoms. The van der Waals surface area contributed by atoms with Gasteiger partial charge in [0.25, 0.3) is 0 Å². The van der Waals surface area contributed by atoms with Crippen LogP contribution in [0.5, 0.6) is 0 Å². The maximum absolute atomic E-state index is 12.1. The highest BCUT2D eigenvalue weighted by Crippen LogP contribution is 2.23. The Morgan fingerprint density at radius 3 is 2.88 bits per heavy atom. The van der Waals surface area contributed by atoms with E-state index in [4.69, 9.17) is 0 Å². The van der Waals surface area contributed by atoms with Crippen LogP contribution < -0.4 is 0 Å². The van der Waals surface area contributed by atoms with Crippen LogP contribution in [-0.2, 0) is 17.8 Å². The molecule has 1 amide bonds. The topological polar surface area (TPSA) is 33.2 Å². The van der Waals surface area contributed by atoms with Gasteiger partial charge in [-0.2, -0.15) is 0 Å². The summed E-state index contributed by atoms with van der Waals surface area (Å²) >= 11 is 0. The lowest BCUT2D eigenvalue weighted by atomic mass is 9.93. The lowest BCUT2D eigenvalue weighted by molar-refractivity contribution is -0.140. The normalized spacial score (nSPS) is 15.8. The molecule has 0 bridgehead atoms. The van der Waals surface area contributed by atoms with Crippen molar-refractivity contribution in [1.29, 1.82) is 0 Å². The minimum Gasteiger partial charge on any atom is -0.336 e. The highest BCUT2D eigenvalue weighted by molar-refractivity contribution is 5.81. The number of nitrogens with zero attached hydrogens (tertiary/aromatic N) is 2. The van der Waals surface area contributed by atoms with Gasteiger partial charge in [-0.3, -0.25) is 9.78 Å². The summed E-state index contributed by atoms with van der Waals surface area (Å²) in [7, 11) is 0. The molecule has 0 aliphatic carbocycles. The molecule has 0 fully saturated rings. The van der Waals surface area contributed by atoms with Crippen molar-refractivity contribution in [3.63, 3.8) is 0 Å². The molecule has 0 aromatic carbocycles. The van der Waals surface area contributed by atoms with E-state index in [2.05, 4.69) is 11.1 Å². The summed E-state index contributed by atoms with van der Waals surface area (Å²) in [5.74, 6) is 0.212. The number of hydrogen-bond acceptors (Lipinski definition) is 2. The van der Waals surface area contributed by atoms with Gasteiger partial charge in [0.05, 0.1) is 12.2 Å². The zero-order chi connectivity index (χ0) is 11.8. The van der Waals surface area contributed by atoms with Gasteiger partial charge in [0, 0.05) is 18.2 Å². The Bertz CT molecular complexity index is 407. The van der Waals surface area contributed by atoms with E-state index in [1.165, 1.54) is 5.56 Å². The predicted molar refractivity (Wildman–Crippen MR) is 62.8 cm³/mol. The molecule has 3 nitrogen and oxygen atoms in total. The molecular weight excluding hydrogens is 200 g/mol. The van der Waals surface area contributed by atoms with Crippen molar-refractivity contribution >= 4 is 5.91 Å². The van der Waals surface area contributed by atoms with Crippen molar-refractivity contribution in [1.82, 2.24) is 9.88 Å². The van der Waals surface area contributed by atoms with Crippen LogP contribution in [0.15, 0.2) is 18.3 Å². The Morgan fingerprint density at radius 2 is 2.19 bits per heavy atom. The SMILES string of the molecule is CC(C)(C)C(=O)N1CCc2cccnc2C1. The minimum absolute atomic E-state index is 0.212. The molecule has 1 aliphatic rings. The Hall–Kier alpha value is -1.38. The number of hydrogen-bond donors (Lipinski definition) is 0. The summed E-state index contributed by atoms with van der Waals surface area (Å²) < 4.78 is 0. The van der Waals surface area contributed by atoms with Crippen LogP contribution in [0.3, 0.4) is 0 Å². The third-order valence-electron chi connectivity index (χ3n) is 2.91. The number of carbonyl (C=O) groups is 1. The summed E-state index contributed by atoms with van der Waals surface area (Å²) in [6.45, 7) is 7.36. The molecule has 0 unspecified atom stereocenters. The van der Waals surface area contributed by atoms with Gasteiger partial charge >= 0.3 is 0 Å². The Kier molecular flexibility index (Phi) is 2.70. The third-order valence-corrected chi connectivity index (χ3v) is 2.91. The van der Waals surface area contributed by atoms with Crippen LogP contribution >= 0.6 is 0 Å². The van der Waals surface area contributed by atoms with E-state index in [1.54, 1.807) is 6.20 Å². The first-order valence-corrected chi connectivity index (χ1v) is 5.70. The predicted octanol–water partition coefficient (Wildman–Crippen LogP) is 2.01. The van der Waals surface area contributed by atoms with E-state index >= 15 is 0 Å². The van der Waals surface area contributed by atoms with E-state index in [0.29, 0.717) is 6.54 Å². The fraction of sp³-hybridized carbons (Fsp3) is 0.538. The molecule has 2 rings (SSSR count). The summed E-state index contributed by atoms with van der Waals surface area (Å²) in [5.41, 5.74) is 2.03. The van der Waals surface area contributed by atoms with Gasteiger partial charge in [0.1, 0.15) is 0 Å². The highest BCUT2D eigenvalue weighted by atomic mass is 16.2. The lowest BCUT2D eigenvalue weighted by Gasteiger charge is -2.32. The second kappa shape index (κ2) is 3.89. The van der Waals surface area contributed by atoms with Crippen molar-refractivity contribution in [2.24, 2.45) is 5.41 Å². The Morgan fingerprint density at radius 1 is 1.44 bits per heavy atom. The second-order valence-corrected chi connectivity index (χ2v) is 5.34. The lowest BCUT2D eigenvalue weighted by Crippen LogP contribution is -2.42. The number of amides is 1. The van der Waals surface area contributed by atoms with E-state index in [-0.39, 0.29) is 11.3 Å². The Labute approximate surface area is 96.5 Å². The maximum atomic E-state index is 12.1. The van der Waals surface area contributed by atoms with Crippen molar-refractivity contribution in [3.05, 3.63) is 29.6 Å². The monoisotopic (exact) mass is 218 g/mol. The third kappa shape index (κ3) is 2.08. The highest BCUT2D eigenvalue weighted by Gasteiger charge is 2.29. The largest absolute Gasteiger partial charge is 0.336 e. The zero-order valence-corrected chi connectivity index (χ0v) is 10.2. The summed E-state index contributed by atoms with van der Waals surface area (Å²) in [6, 6.07) is 4.06. The van der Waals surface area contributed by atoms with Gasteiger partial charge in [-0.1, -0.05) is 26.8 Å². The second-order valence-electron chi connectivity index (χ2n) is 5.34. The number of fused-ring (bicyclic) bond motifs is 1. The van der Waals surface area contributed by atoms with Crippen LogP contribution in [0.2, 0.25) is 0 Å². The molecule has 0 radical (unpaired) electrons. The molecule has 0 N–H and O–H groups in total. The van der Waals surface area contributed by atoms with Crippen molar-refractivity contribution < 1.29 is 4.79 Å². The maximum Gasteiger partial charge on any atom is 0.228 e. The number of pyridine rings is 1. The van der Waals surface area contributed by atoms with E-state index in [0.717, 1.165) is 18.7 Å². The van der Waals surface area contributed by atoms with Crippen LogP contribution in [-0.4, -0.2) is 22.3 Å². The minimum atomic E-state index is -0.299. The van der Waals surface area contributed by atoms with Gasteiger partial charge < -0.3 is 4.90 Å².